The van der Waals surface area contributed by atoms with Gasteiger partial charge in [0.2, 0.25) is 18.2 Å². The second kappa shape index (κ2) is 8.60. The summed E-state index contributed by atoms with van der Waals surface area (Å²) in [6.07, 6.45) is 0. The second-order valence-electron chi connectivity index (χ2n) is 5.32. The molecule has 0 unspecified atom stereocenters. The van der Waals surface area contributed by atoms with Gasteiger partial charge < -0.3 is 20.0 Å². The van der Waals surface area contributed by atoms with E-state index in [0.29, 0.717) is 0 Å². The van der Waals surface area contributed by atoms with Crippen molar-refractivity contribution in [1.82, 2.24) is 4.98 Å². The maximum atomic E-state index is 11.5. The van der Waals surface area contributed by atoms with Gasteiger partial charge in [0.1, 0.15) is 17.2 Å². The minimum absolute atomic E-state index is 0.0263. The van der Waals surface area contributed by atoms with E-state index in [9.17, 15) is 14.4 Å². The number of aromatic nitrogens is 1. The summed E-state index contributed by atoms with van der Waals surface area (Å²) in [5.41, 5.74) is -1.23. The Morgan fingerprint density at radius 3 is 2.62 bits per heavy atom. The quantitative estimate of drug-likeness (QED) is 0.318. The van der Waals surface area contributed by atoms with Crippen LogP contribution in [0, 0.1) is 0 Å². The number of hydrogen-bond donors (Lipinski definition) is 2. The third-order valence-corrected chi connectivity index (χ3v) is 3.08. The highest BCUT2D eigenvalue weighted by molar-refractivity contribution is 7.14. The third-order valence-electron chi connectivity index (χ3n) is 2.08. The summed E-state index contributed by atoms with van der Waals surface area (Å²) in [5, 5.41) is 16.5. The Morgan fingerprint density at radius 1 is 1.42 bits per heavy atom. The number of anilines is 1. The zero-order valence-corrected chi connectivity index (χ0v) is 14.7. The van der Waals surface area contributed by atoms with E-state index in [1.54, 1.807) is 20.8 Å². The van der Waals surface area contributed by atoms with E-state index in [-0.39, 0.29) is 16.7 Å². The molecule has 2 N–H and O–H groups in total. The molecule has 0 radical (unpaired) electrons. The highest BCUT2D eigenvalue weighted by atomic mass is 35.5. The van der Waals surface area contributed by atoms with Crippen LogP contribution in [-0.4, -0.2) is 51.7 Å². The van der Waals surface area contributed by atoms with Gasteiger partial charge in [0, 0.05) is 5.38 Å². The van der Waals surface area contributed by atoms with Gasteiger partial charge in [-0.15, -0.1) is 22.9 Å². The molecule has 24 heavy (non-hydrogen) atoms. The van der Waals surface area contributed by atoms with Gasteiger partial charge in [-0.25, -0.2) is 14.6 Å². The fourth-order valence-electron chi connectivity index (χ4n) is 1.31. The number of nitrogens with one attached hydrogen (secondary N) is 1. The van der Waals surface area contributed by atoms with E-state index < -0.39 is 35.8 Å². The van der Waals surface area contributed by atoms with Crippen LogP contribution < -0.4 is 5.32 Å². The summed E-state index contributed by atoms with van der Waals surface area (Å²) in [4.78, 5) is 42.5. The van der Waals surface area contributed by atoms with Gasteiger partial charge >= 0.3 is 11.9 Å². The first-order chi connectivity index (χ1) is 11.1. The number of amides is 1. The Morgan fingerprint density at radius 2 is 2.08 bits per heavy atom. The maximum absolute atomic E-state index is 11.5. The summed E-state index contributed by atoms with van der Waals surface area (Å²) in [6.45, 7) is 4.50. The highest BCUT2D eigenvalue weighted by Gasteiger charge is 2.20. The lowest BCUT2D eigenvalue weighted by Gasteiger charge is -2.18. The van der Waals surface area contributed by atoms with Crippen LogP contribution in [-0.2, 0) is 24.0 Å². The molecular formula is C13H16ClN3O6S. The van der Waals surface area contributed by atoms with Crippen molar-refractivity contribution < 1.29 is 29.1 Å². The monoisotopic (exact) mass is 377 g/mol. The summed E-state index contributed by atoms with van der Waals surface area (Å²) in [7, 11) is 0. The molecule has 0 aliphatic carbocycles. The topological polar surface area (TPSA) is 127 Å². The van der Waals surface area contributed by atoms with Crippen molar-refractivity contribution in [2.75, 3.05) is 17.8 Å². The average Bonchev–Trinajstić information content (AvgIpc) is 2.89. The molecule has 1 aromatic rings. The first-order valence-electron chi connectivity index (χ1n) is 6.59. The Hall–Kier alpha value is -2.20. The molecule has 0 saturated carbocycles. The van der Waals surface area contributed by atoms with E-state index in [1.807, 2.05) is 0 Å². The minimum Gasteiger partial charge on any atom is -0.476 e. The number of aliphatic carboxylic acids is 1. The van der Waals surface area contributed by atoms with Gasteiger partial charge in [-0.1, -0.05) is 5.16 Å². The molecule has 1 rings (SSSR count). The molecule has 0 bridgehead atoms. The lowest BCUT2D eigenvalue weighted by atomic mass is 10.2. The largest absolute Gasteiger partial charge is 0.476 e. The number of ether oxygens (including phenoxy) is 1. The zero-order valence-electron chi connectivity index (χ0n) is 13.2. The van der Waals surface area contributed by atoms with Gasteiger partial charge in [0.25, 0.3) is 0 Å². The van der Waals surface area contributed by atoms with Crippen LogP contribution in [0.5, 0.6) is 0 Å². The van der Waals surface area contributed by atoms with Gasteiger partial charge in [-0.2, -0.15) is 0 Å². The zero-order chi connectivity index (χ0) is 18.3. The molecule has 0 fully saturated rings. The van der Waals surface area contributed by atoms with Crippen LogP contribution >= 0.6 is 22.9 Å². The second-order valence-corrected chi connectivity index (χ2v) is 6.45. The molecule has 11 heteroatoms. The van der Waals surface area contributed by atoms with Gasteiger partial charge in [-0.05, 0) is 20.8 Å². The van der Waals surface area contributed by atoms with E-state index in [2.05, 4.69) is 15.5 Å². The molecule has 1 amide bonds. The summed E-state index contributed by atoms with van der Waals surface area (Å²) in [6, 6.07) is 0. The van der Waals surface area contributed by atoms with E-state index >= 15 is 0 Å². The van der Waals surface area contributed by atoms with Crippen LogP contribution in [0.15, 0.2) is 10.5 Å². The highest BCUT2D eigenvalue weighted by Crippen LogP contribution is 2.16. The maximum Gasteiger partial charge on any atom is 0.360 e. The number of halogens is 1. The normalized spacial score (nSPS) is 11.8. The predicted octanol–water partition coefficient (Wildman–Crippen LogP) is 1.47. The molecule has 1 aromatic heterocycles. The summed E-state index contributed by atoms with van der Waals surface area (Å²) >= 11 is 6.34. The standard InChI is InChI=1S/C13H16ClN3O6S/c1-13(2,3)23-9(19)5-22-17-10(11(20)21)7-6-24-12(15-7)16-8(18)4-14/h6H,4-5H2,1-3H3,(H,20,21)(H,15,16,18)/b17-10+. The summed E-state index contributed by atoms with van der Waals surface area (Å²) < 4.78 is 4.99. The van der Waals surface area contributed by atoms with E-state index in [1.165, 1.54) is 5.38 Å². The number of oxime groups is 1. The number of hydrogen-bond acceptors (Lipinski definition) is 8. The van der Waals surface area contributed by atoms with Crippen LogP contribution in [0.25, 0.3) is 0 Å². The van der Waals surface area contributed by atoms with Crippen molar-refractivity contribution in [1.29, 1.82) is 0 Å². The predicted molar refractivity (Wildman–Crippen MR) is 87.4 cm³/mol. The first kappa shape index (κ1) is 19.8. The molecule has 0 aliphatic heterocycles. The van der Waals surface area contributed by atoms with Gasteiger partial charge in [0.05, 0.1) is 0 Å². The lowest BCUT2D eigenvalue weighted by molar-refractivity contribution is -0.160. The van der Waals surface area contributed by atoms with Crippen molar-refractivity contribution in [2.45, 2.75) is 26.4 Å². The fraction of sp³-hybridized carbons (Fsp3) is 0.462. The number of rotatable bonds is 7. The van der Waals surface area contributed by atoms with Gasteiger partial charge in [-0.3, -0.25) is 4.79 Å². The van der Waals surface area contributed by atoms with Crippen molar-refractivity contribution in [3.8, 4) is 0 Å². The summed E-state index contributed by atoms with van der Waals surface area (Å²) in [5.74, 6) is -2.83. The molecule has 0 aliphatic rings. The number of carboxylic acids is 1. The van der Waals surface area contributed by atoms with Gasteiger partial charge in [0.15, 0.2) is 5.13 Å². The first-order valence-corrected chi connectivity index (χ1v) is 8.00. The Labute approximate surface area is 146 Å². The molecular weight excluding hydrogens is 362 g/mol. The fourth-order valence-corrected chi connectivity index (χ4v) is 2.09. The third kappa shape index (κ3) is 6.92. The molecule has 0 saturated heterocycles. The number of alkyl halides is 1. The van der Waals surface area contributed by atoms with E-state index in [0.717, 1.165) is 11.3 Å². The van der Waals surface area contributed by atoms with Crippen LogP contribution in [0.1, 0.15) is 26.5 Å². The molecule has 132 valence electrons. The number of nitrogens with zero attached hydrogens (tertiary/aromatic N) is 2. The lowest BCUT2D eigenvalue weighted by Crippen LogP contribution is -2.26. The number of carbonyl (C=O) groups excluding carboxylic acids is 2. The van der Waals surface area contributed by atoms with E-state index in [4.69, 9.17) is 26.3 Å². The Kier molecular flexibility index (Phi) is 7.11. The van der Waals surface area contributed by atoms with Crippen LogP contribution in [0.3, 0.4) is 0 Å². The number of esters is 1. The number of carbonyl (C=O) groups is 3. The molecule has 0 aromatic carbocycles. The van der Waals surface area contributed by atoms with Crippen molar-refractivity contribution in [3.63, 3.8) is 0 Å². The van der Waals surface area contributed by atoms with Crippen molar-refractivity contribution >= 4 is 51.6 Å². The Bertz CT molecular complexity index is 652. The Balaban J connectivity index is 2.75. The molecule has 0 atom stereocenters. The number of thiazole rings is 1. The average molecular weight is 378 g/mol. The number of carboxylic acid groups (broad SMARTS) is 1. The minimum atomic E-state index is -1.40. The molecule has 0 spiro atoms. The molecule has 9 nitrogen and oxygen atoms in total. The molecule has 1 heterocycles. The van der Waals surface area contributed by atoms with Crippen LogP contribution in [0.2, 0.25) is 0 Å². The SMILES string of the molecule is CC(C)(C)OC(=O)CO/N=C(/C(=O)O)c1csc(NC(=O)CCl)n1. The van der Waals surface area contributed by atoms with Crippen molar-refractivity contribution in [3.05, 3.63) is 11.1 Å². The van der Waals surface area contributed by atoms with Crippen LogP contribution in [0.4, 0.5) is 5.13 Å². The smallest absolute Gasteiger partial charge is 0.360 e. The van der Waals surface area contributed by atoms with Crippen molar-refractivity contribution in [2.24, 2.45) is 5.16 Å².